The fourth-order valence-corrected chi connectivity index (χ4v) is 4.20. The molecule has 0 atom stereocenters. The number of hydrogen-bond donors (Lipinski definition) is 1. The van der Waals surface area contributed by atoms with Crippen LogP contribution < -0.4 is 0 Å². The molecule has 3 aromatic carbocycles. The second kappa shape index (κ2) is 5.32. The van der Waals surface area contributed by atoms with Crippen molar-refractivity contribution in [2.75, 3.05) is 0 Å². The number of H-pyrrole nitrogens is 1. The predicted molar refractivity (Wildman–Crippen MR) is 102 cm³/mol. The first kappa shape index (κ1) is 13.5. The fraction of sp³-hybridized carbons (Fsp3) is 0. The lowest BCUT2D eigenvalue weighted by molar-refractivity contribution is 1.43. The summed E-state index contributed by atoms with van der Waals surface area (Å²) in [4.78, 5) is 8.48. The molecule has 0 aliphatic rings. The number of aromatic amines is 1. The number of benzene rings is 3. The van der Waals surface area contributed by atoms with Gasteiger partial charge in [0.25, 0.3) is 0 Å². The molecule has 0 saturated heterocycles. The first-order valence-electron chi connectivity index (χ1n) is 7.92. The molecule has 0 bridgehead atoms. The van der Waals surface area contributed by atoms with Gasteiger partial charge in [-0.25, -0.2) is 4.98 Å². The Morgan fingerprint density at radius 1 is 0.750 bits per heavy atom. The van der Waals surface area contributed by atoms with Crippen molar-refractivity contribution in [3.63, 3.8) is 0 Å². The van der Waals surface area contributed by atoms with Crippen LogP contribution in [0.25, 0.3) is 42.9 Å². The van der Waals surface area contributed by atoms with E-state index in [0.29, 0.717) is 0 Å². The van der Waals surface area contributed by atoms with Crippen molar-refractivity contribution < 1.29 is 0 Å². The van der Waals surface area contributed by atoms with Crippen molar-refractivity contribution in [2.24, 2.45) is 0 Å². The molecule has 5 rings (SSSR count). The summed E-state index contributed by atoms with van der Waals surface area (Å²) in [5.74, 6) is 0. The maximum atomic E-state index is 4.89. The number of fused-ring (bicyclic) bond motifs is 2. The van der Waals surface area contributed by atoms with E-state index >= 15 is 0 Å². The summed E-state index contributed by atoms with van der Waals surface area (Å²) >= 11 is 1.75. The van der Waals surface area contributed by atoms with Crippen LogP contribution in [-0.2, 0) is 0 Å². The topological polar surface area (TPSA) is 28.7 Å². The minimum atomic E-state index is 1.06. The largest absolute Gasteiger partial charge is 0.354 e. The molecule has 0 saturated carbocycles. The molecule has 0 aliphatic heterocycles. The van der Waals surface area contributed by atoms with E-state index in [1.807, 2.05) is 12.1 Å². The summed E-state index contributed by atoms with van der Waals surface area (Å²) in [6.07, 6.45) is 0. The van der Waals surface area contributed by atoms with Crippen molar-refractivity contribution >= 4 is 32.5 Å². The smallest absolute Gasteiger partial charge is 0.127 e. The maximum absolute atomic E-state index is 4.89. The van der Waals surface area contributed by atoms with E-state index in [1.165, 1.54) is 21.2 Å². The van der Waals surface area contributed by atoms with Crippen LogP contribution in [0.5, 0.6) is 0 Å². The highest BCUT2D eigenvalue weighted by Gasteiger charge is 2.17. The molecule has 1 N–H and O–H groups in total. The van der Waals surface area contributed by atoms with Gasteiger partial charge in [-0.2, -0.15) is 0 Å². The Bertz CT molecular complexity index is 1120. The van der Waals surface area contributed by atoms with Crippen molar-refractivity contribution in [3.05, 3.63) is 78.9 Å². The monoisotopic (exact) mass is 326 g/mol. The lowest BCUT2D eigenvalue weighted by atomic mass is 10.1. The van der Waals surface area contributed by atoms with Gasteiger partial charge in [0.05, 0.1) is 15.9 Å². The summed E-state index contributed by atoms with van der Waals surface area (Å²) in [7, 11) is 0. The molecule has 0 spiro atoms. The van der Waals surface area contributed by atoms with E-state index in [2.05, 4.69) is 71.7 Å². The van der Waals surface area contributed by atoms with Crippen LogP contribution in [0.4, 0.5) is 0 Å². The number of rotatable bonds is 2. The second-order valence-corrected chi connectivity index (χ2v) is 6.80. The quantitative estimate of drug-likeness (QED) is 0.416. The molecule has 0 amide bonds. The zero-order valence-corrected chi connectivity index (χ0v) is 13.7. The fourth-order valence-electron chi connectivity index (χ4n) is 3.16. The van der Waals surface area contributed by atoms with E-state index in [4.69, 9.17) is 4.98 Å². The van der Waals surface area contributed by atoms with Crippen LogP contribution in [0.3, 0.4) is 0 Å². The average Bonchev–Trinajstić information content (AvgIpc) is 3.23. The molecule has 3 heteroatoms. The first-order valence-corrected chi connectivity index (χ1v) is 8.74. The number of hydrogen-bond acceptors (Lipinski definition) is 2. The van der Waals surface area contributed by atoms with Crippen molar-refractivity contribution in [2.45, 2.75) is 0 Å². The van der Waals surface area contributed by atoms with Crippen LogP contribution in [-0.4, -0.2) is 9.97 Å². The third-order valence-corrected chi connectivity index (χ3v) is 5.33. The van der Waals surface area contributed by atoms with Gasteiger partial charge in [0, 0.05) is 16.5 Å². The van der Waals surface area contributed by atoms with Crippen molar-refractivity contribution in [3.8, 4) is 21.8 Å². The van der Waals surface area contributed by atoms with Gasteiger partial charge < -0.3 is 4.98 Å². The molecule has 2 aromatic heterocycles. The molecular weight excluding hydrogens is 312 g/mol. The van der Waals surface area contributed by atoms with Crippen LogP contribution in [0.1, 0.15) is 0 Å². The maximum Gasteiger partial charge on any atom is 0.127 e. The Morgan fingerprint density at radius 3 is 2.38 bits per heavy atom. The number of nitrogens with zero attached hydrogens (tertiary/aromatic N) is 1. The molecular formula is C21H14N2S. The van der Waals surface area contributed by atoms with Gasteiger partial charge in [-0.3, -0.25) is 0 Å². The van der Waals surface area contributed by atoms with Crippen LogP contribution in [0.2, 0.25) is 0 Å². The Hall–Kier alpha value is -2.91. The molecule has 0 fully saturated rings. The van der Waals surface area contributed by atoms with Gasteiger partial charge in [0.1, 0.15) is 5.01 Å². The summed E-state index contributed by atoms with van der Waals surface area (Å²) < 4.78 is 1.22. The summed E-state index contributed by atoms with van der Waals surface area (Å²) in [5.41, 5.74) is 5.71. The van der Waals surface area contributed by atoms with Gasteiger partial charge in [-0.15, -0.1) is 11.3 Å². The molecule has 5 aromatic rings. The molecule has 0 aliphatic carbocycles. The molecule has 0 radical (unpaired) electrons. The van der Waals surface area contributed by atoms with Gasteiger partial charge in [-0.1, -0.05) is 60.7 Å². The minimum absolute atomic E-state index is 1.06. The first-order chi connectivity index (χ1) is 11.9. The average molecular weight is 326 g/mol. The number of aromatic nitrogens is 2. The second-order valence-electron chi connectivity index (χ2n) is 5.77. The molecule has 24 heavy (non-hydrogen) atoms. The molecule has 114 valence electrons. The van der Waals surface area contributed by atoms with Crippen molar-refractivity contribution in [1.82, 2.24) is 9.97 Å². The Balaban J connectivity index is 1.86. The predicted octanol–water partition coefficient (Wildman–Crippen LogP) is 6.11. The Morgan fingerprint density at radius 2 is 1.50 bits per heavy atom. The number of nitrogens with one attached hydrogen (secondary N) is 1. The zero-order valence-electron chi connectivity index (χ0n) is 12.9. The molecule has 0 unspecified atom stereocenters. The highest BCUT2D eigenvalue weighted by molar-refractivity contribution is 7.21. The lowest BCUT2D eigenvalue weighted by Crippen LogP contribution is -1.81. The summed E-state index contributed by atoms with van der Waals surface area (Å²) in [6.45, 7) is 0. The zero-order chi connectivity index (χ0) is 15.9. The van der Waals surface area contributed by atoms with E-state index in [9.17, 15) is 0 Å². The van der Waals surface area contributed by atoms with Gasteiger partial charge in [-0.05, 0) is 23.8 Å². The van der Waals surface area contributed by atoms with Gasteiger partial charge >= 0.3 is 0 Å². The van der Waals surface area contributed by atoms with Gasteiger partial charge in [0.15, 0.2) is 0 Å². The highest BCUT2D eigenvalue weighted by atomic mass is 32.1. The normalized spacial score (nSPS) is 11.3. The SMILES string of the molecule is c1ccc(-c2[nH]c3ccccc3c2-c2nc3ccccc3s2)cc1. The Kier molecular flexibility index (Phi) is 3.00. The van der Waals surface area contributed by atoms with E-state index in [0.717, 1.165) is 21.7 Å². The third-order valence-electron chi connectivity index (χ3n) is 4.28. The third kappa shape index (κ3) is 2.06. The van der Waals surface area contributed by atoms with E-state index < -0.39 is 0 Å². The minimum Gasteiger partial charge on any atom is -0.354 e. The summed E-state index contributed by atoms with van der Waals surface area (Å²) in [5, 5.41) is 2.28. The van der Waals surface area contributed by atoms with Crippen LogP contribution >= 0.6 is 11.3 Å². The van der Waals surface area contributed by atoms with Gasteiger partial charge in [0.2, 0.25) is 0 Å². The molecule has 2 nitrogen and oxygen atoms in total. The van der Waals surface area contributed by atoms with Crippen LogP contribution in [0, 0.1) is 0 Å². The van der Waals surface area contributed by atoms with Crippen LogP contribution in [0.15, 0.2) is 78.9 Å². The summed E-state index contributed by atoms with van der Waals surface area (Å²) in [6, 6.07) is 27.2. The lowest BCUT2D eigenvalue weighted by Gasteiger charge is -2.02. The highest BCUT2D eigenvalue weighted by Crippen LogP contribution is 2.41. The molecule has 2 heterocycles. The standard InChI is InChI=1S/C21H14N2S/c1-2-8-14(9-3-1)20-19(15-10-4-5-11-16(15)22-20)21-23-17-12-6-7-13-18(17)24-21/h1-13,22H. The van der Waals surface area contributed by atoms with E-state index in [1.54, 1.807) is 11.3 Å². The Labute approximate surface area is 143 Å². The number of para-hydroxylation sites is 2. The van der Waals surface area contributed by atoms with E-state index in [-0.39, 0.29) is 0 Å². The van der Waals surface area contributed by atoms with Crippen molar-refractivity contribution in [1.29, 1.82) is 0 Å². The number of thiazole rings is 1.